The maximum atomic E-state index is 12.3. The van der Waals surface area contributed by atoms with Crippen molar-refractivity contribution in [2.24, 2.45) is 0 Å². The minimum absolute atomic E-state index is 0.0626. The molecule has 0 saturated carbocycles. The van der Waals surface area contributed by atoms with Crippen molar-refractivity contribution >= 4 is 11.7 Å². The molecule has 4 heteroatoms. The maximum Gasteiger partial charge on any atom is 0.223 e. The first-order chi connectivity index (χ1) is 11.6. The number of hydrogen-bond acceptors (Lipinski definition) is 3. The lowest BCUT2D eigenvalue weighted by molar-refractivity contribution is -0.132. The summed E-state index contributed by atoms with van der Waals surface area (Å²) >= 11 is 0. The van der Waals surface area contributed by atoms with E-state index in [2.05, 4.69) is 12.2 Å². The molecule has 2 rings (SSSR count). The summed E-state index contributed by atoms with van der Waals surface area (Å²) in [6.45, 7) is 3.75. The second-order valence-electron chi connectivity index (χ2n) is 6.69. The number of hydrogen-bond donors (Lipinski definition) is 1. The standard InChI is InChI=1S/C20H30N2O2/c1-3-4-6-16-8-10-17(11-9-16)19(23)12-13-20(24)22-14-5-7-18(15-22)21-2/h8-11,18,21H,3-7,12-15H2,1-2H3. The lowest BCUT2D eigenvalue weighted by atomic mass is 10.0. The molecule has 1 aromatic rings. The van der Waals surface area contributed by atoms with Crippen molar-refractivity contribution < 1.29 is 9.59 Å². The Morgan fingerprint density at radius 1 is 1.21 bits per heavy atom. The predicted octanol–water partition coefficient (Wildman–Crippen LogP) is 3.20. The predicted molar refractivity (Wildman–Crippen MR) is 97.3 cm³/mol. The van der Waals surface area contributed by atoms with E-state index in [0.29, 0.717) is 18.9 Å². The molecule has 1 aliphatic rings. The number of likely N-dealkylation sites (tertiary alicyclic amines) is 1. The highest BCUT2D eigenvalue weighted by molar-refractivity contribution is 5.98. The molecule has 1 aromatic carbocycles. The average Bonchev–Trinajstić information content (AvgIpc) is 2.64. The first-order valence-electron chi connectivity index (χ1n) is 9.21. The summed E-state index contributed by atoms with van der Waals surface area (Å²) in [7, 11) is 1.94. The van der Waals surface area contributed by atoms with Gasteiger partial charge in [-0.3, -0.25) is 9.59 Å². The molecule has 1 atom stereocenters. The fraction of sp³-hybridized carbons (Fsp3) is 0.600. The number of carbonyl (C=O) groups excluding carboxylic acids is 2. The van der Waals surface area contributed by atoms with Gasteiger partial charge in [-0.15, -0.1) is 0 Å². The van der Waals surface area contributed by atoms with Gasteiger partial charge in [0.2, 0.25) is 5.91 Å². The number of rotatable bonds is 8. The quantitative estimate of drug-likeness (QED) is 0.745. The third-order valence-electron chi connectivity index (χ3n) is 4.84. The van der Waals surface area contributed by atoms with Crippen LogP contribution in [0.4, 0.5) is 0 Å². The summed E-state index contributed by atoms with van der Waals surface area (Å²) in [5.74, 6) is 0.162. The highest BCUT2D eigenvalue weighted by atomic mass is 16.2. The van der Waals surface area contributed by atoms with Gasteiger partial charge in [0, 0.05) is 37.5 Å². The van der Waals surface area contributed by atoms with E-state index in [1.54, 1.807) is 0 Å². The molecule has 132 valence electrons. The van der Waals surface area contributed by atoms with Gasteiger partial charge in [-0.25, -0.2) is 0 Å². The van der Waals surface area contributed by atoms with Crippen LogP contribution in [-0.2, 0) is 11.2 Å². The molecule has 0 radical (unpaired) electrons. The molecular weight excluding hydrogens is 300 g/mol. The van der Waals surface area contributed by atoms with Crippen molar-refractivity contribution in [2.45, 2.75) is 57.9 Å². The zero-order valence-corrected chi connectivity index (χ0v) is 15.0. The van der Waals surface area contributed by atoms with Crippen molar-refractivity contribution in [3.63, 3.8) is 0 Å². The minimum Gasteiger partial charge on any atom is -0.341 e. The van der Waals surface area contributed by atoms with Crippen LogP contribution in [0.2, 0.25) is 0 Å². The van der Waals surface area contributed by atoms with Crippen molar-refractivity contribution in [1.82, 2.24) is 10.2 Å². The SMILES string of the molecule is CCCCc1ccc(C(=O)CCC(=O)N2CCCC(NC)C2)cc1. The topological polar surface area (TPSA) is 49.4 Å². The van der Waals surface area contributed by atoms with Gasteiger partial charge < -0.3 is 10.2 Å². The fourth-order valence-electron chi connectivity index (χ4n) is 3.20. The van der Waals surface area contributed by atoms with Gasteiger partial charge in [0.25, 0.3) is 0 Å². The van der Waals surface area contributed by atoms with Gasteiger partial charge in [-0.2, -0.15) is 0 Å². The molecule has 1 fully saturated rings. The van der Waals surface area contributed by atoms with E-state index >= 15 is 0 Å². The number of ketones is 1. The molecule has 0 spiro atoms. The van der Waals surface area contributed by atoms with Crippen LogP contribution < -0.4 is 5.32 Å². The lowest BCUT2D eigenvalue weighted by Crippen LogP contribution is -2.47. The fourth-order valence-corrected chi connectivity index (χ4v) is 3.20. The molecule has 24 heavy (non-hydrogen) atoms. The van der Waals surface area contributed by atoms with E-state index in [9.17, 15) is 9.59 Å². The summed E-state index contributed by atoms with van der Waals surface area (Å²) in [6.07, 6.45) is 6.17. The number of aryl methyl sites for hydroxylation is 1. The highest BCUT2D eigenvalue weighted by Crippen LogP contribution is 2.14. The second-order valence-corrected chi connectivity index (χ2v) is 6.69. The zero-order chi connectivity index (χ0) is 17.4. The Bertz CT molecular complexity index is 539. The van der Waals surface area contributed by atoms with E-state index < -0.39 is 0 Å². The maximum absolute atomic E-state index is 12.3. The van der Waals surface area contributed by atoms with Crippen molar-refractivity contribution in [1.29, 1.82) is 0 Å². The van der Waals surface area contributed by atoms with Gasteiger partial charge >= 0.3 is 0 Å². The molecule has 1 heterocycles. The Kier molecular flexibility index (Phi) is 7.44. The van der Waals surface area contributed by atoms with Crippen LogP contribution in [-0.4, -0.2) is 42.8 Å². The summed E-state index contributed by atoms with van der Waals surface area (Å²) in [5.41, 5.74) is 1.99. The molecule has 1 unspecified atom stereocenters. The van der Waals surface area contributed by atoms with Crippen molar-refractivity contribution in [3.05, 3.63) is 35.4 Å². The number of likely N-dealkylation sites (N-methyl/N-ethyl adjacent to an activating group) is 1. The summed E-state index contributed by atoms with van der Waals surface area (Å²) in [4.78, 5) is 26.5. The smallest absolute Gasteiger partial charge is 0.223 e. The van der Waals surface area contributed by atoms with E-state index in [1.807, 2.05) is 36.2 Å². The van der Waals surface area contributed by atoms with E-state index in [-0.39, 0.29) is 11.7 Å². The third-order valence-corrected chi connectivity index (χ3v) is 4.84. The Balaban J connectivity index is 1.80. The number of Topliss-reactive ketones (excluding diaryl/α,β-unsaturated/α-hetero) is 1. The Morgan fingerprint density at radius 3 is 2.62 bits per heavy atom. The molecule has 0 bridgehead atoms. The van der Waals surface area contributed by atoms with Gasteiger partial charge in [0.15, 0.2) is 5.78 Å². The van der Waals surface area contributed by atoms with Crippen LogP contribution in [0, 0.1) is 0 Å². The van der Waals surface area contributed by atoms with E-state index in [0.717, 1.165) is 37.9 Å². The summed E-state index contributed by atoms with van der Waals surface area (Å²) in [5, 5.41) is 3.24. The van der Waals surface area contributed by atoms with Crippen LogP contribution in [0.15, 0.2) is 24.3 Å². The van der Waals surface area contributed by atoms with Crippen molar-refractivity contribution in [2.75, 3.05) is 20.1 Å². The van der Waals surface area contributed by atoms with Crippen LogP contribution in [0.1, 0.15) is 61.4 Å². The van der Waals surface area contributed by atoms with E-state index in [4.69, 9.17) is 0 Å². The monoisotopic (exact) mass is 330 g/mol. The molecular formula is C20H30N2O2. The zero-order valence-electron chi connectivity index (χ0n) is 15.0. The van der Waals surface area contributed by atoms with Gasteiger partial charge in [-0.05, 0) is 38.3 Å². The second kappa shape index (κ2) is 9.58. The van der Waals surface area contributed by atoms with Crippen LogP contribution in [0.3, 0.4) is 0 Å². The number of piperidine rings is 1. The number of amides is 1. The first kappa shape index (κ1) is 18.7. The Labute approximate surface area is 145 Å². The van der Waals surface area contributed by atoms with Gasteiger partial charge in [0.05, 0.1) is 0 Å². The normalized spacial score (nSPS) is 17.8. The van der Waals surface area contributed by atoms with Gasteiger partial charge in [-0.1, -0.05) is 37.6 Å². The summed E-state index contributed by atoms with van der Waals surface area (Å²) in [6, 6.07) is 8.25. The molecule has 4 nitrogen and oxygen atoms in total. The number of unbranched alkanes of at least 4 members (excludes halogenated alkanes) is 1. The van der Waals surface area contributed by atoms with Crippen LogP contribution in [0.25, 0.3) is 0 Å². The highest BCUT2D eigenvalue weighted by Gasteiger charge is 2.22. The number of benzene rings is 1. The number of nitrogens with one attached hydrogen (secondary N) is 1. The first-order valence-corrected chi connectivity index (χ1v) is 9.21. The molecule has 1 amide bonds. The van der Waals surface area contributed by atoms with E-state index in [1.165, 1.54) is 18.4 Å². The van der Waals surface area contributed by atoms with Crippen molar-refractivity contribution in [3.8, 4) is 0 Å². The van der Waals surface area contributed by atoms with Crippen LogP contribution in [0.5, 0.6) is 0 Å². The number of nitrogens with zero attached hydrogens (tertiary/aromatic N) is 1. The third kappa shape index (κ3) is 5.45. The largest absolute Gasteiger partial charge is 0.341 e. The molecule has 0 aromatic heterocycles. The Hall–Kier alpha value is -1.68. The van der Waals surface area contributed by atoms with Crippen LogP contribution >= 0.6 is 0 Å². The molecule has 0 aliphatic carbocycles. The Morgan fingerprint density at radius 2 is 1.96 bits per heavy atom. The molecule has 1 N–H and O–H groups in total. The minimum atomic E-state index is 0.0626. The molecule has 1 saturated heterocycles. The molecule has 1 aliphatic heterocycles. The van der Waals surface area contributed by atoms with Gasteiger partial charge in [0.1, 0.15) is 0 Å². The summed E-state index contributed by atoms with van der Waals surface area (Å²) < 4.78 is 0. The number of carbonyl (C=O) groups is 2. The average molecular weight is 330 g/mol. The lowest BCUT2D eigenvalue weighted by Gasteiger charge is -2.32.